The van der Waals surface area contributed by atoms with Gasteiger partial charge in [0, 0.05) is 22.3 Å². The maximum Gasteiger partial charge on any atom is 0.119 e. The van der Waals surface area contributed by atoms with Gasteiger partial charge in [-0.3, -0.25) is 4.21 Å². The van der Waals surface area contributed by atoms with Crippen molar-refractivity contribution >= 4 is 10.8 Å². The molecule has 0 aliphatic carbocycles. The van der Waals surface area contributed by atoms with Crippen LogP contribution in [0.3, 0.4) is 0 Å². The first-order chi connectivity index (χ1) is 9.19. The third-order valence-corrected chi connectivity index (χ3v) is 4.33. The van der Waals surface area contributed by atoms with Crippen molar-refractivity contribution < 1.29 is 8.95 Å². The van der Waals surface area contributed by atoms with Gasteiger partial charge in [-0.1, -0.05) is 36.4 Å². The lowest BCUT2D eigenvalue weighted by Crippen LogP contribution is -2.01. The number of hydrogen-bond donors (Lipinski definition) is 0. The largest absolute Gasteiger partial charge is 0.497 e. The fraction of sp³-hybridized carbons (Fsp3) is 0.250. The molecule has 100 valence electrons. The Morgan fingerprint density at radius 2 is 1.84 bits per heavy atom. The Bertz CT molecular complexity index is 578. The summed E-state index contributed by atoms with van der Waals surface area (Å²) in [7, 11) is 0.744. The molecule has 0 fully saturated rings. The molecule has 0 heterocycles. The first kappa shape index (κ1) is 13.8. The minimum atomic E-state index is -0.898. The molecule has 0 N–H and O–H groups in total. The summed E-state index contributed by atoms with van der Waals surface area (Å²) < 4.78 is 17.4. The molecule has 2 aromatic rings. The van der Waals surface area contributed by atoms with E-state index in [0.717, 1.165) is 16.9 Å². The lowest BCUT2D eigenvalue weighted by molar-refractivity contribution is 0.414. The number of methoxy groups -OCH3 is 1. The highest BCUT2D eigenvalue weighted by molar-refractivity contribution is 7.83. The summed E-state index contributed by atoms with van der Waals surface area (Å²) in [6.45, 7) is 2.05. The van der Waals surface area contributed by atoms with Gasteiger partial charge in [0.25, 0.3) is 0 Å². The van der Waals surface area contributed by atoms with Crippen molar-refractivity contribution in [3.8, 4) is 5.75 Å². The molecule has 0 amide bonds. The second-order valence-electron chi connectivity index (χ2n) is 4.51. The van der Waals surface area contributed by atoms with Crippen molar-refractivity contribution in [1.82, 2.24) is 0 Å². The van der Waals surface area contributed by atoms with Crippen molar-refractivity contribution in [3.63, 3.8) is 0 Å². The van der Waals surface area contributed by atoms with Crippen LogP contribution in [0.2, 0.25) is 0 Å². The van der Waals surface area contributed by atoms with E-state index in [2.05, 4.69) is 13.0 Å². The lowest BCUT2D eigenvalue weighted by Gasteiger charge is -2.07. The topological polar surface area (TPSA) is 26.3 Å². The number of ether oxygens (including phenoxy) is 1. The van der Waals surface area contributed by atoms with E-state index in [9.17, 15) is 4.21 Å². The van der Waals surface area contributed by atoms with Gasteiger partial charge in [-0.15, -0.1) is 0 Å². The summed E-state index contributed by atoms with van der Waals surface area (Å²) in [5.74, 6) is 1.97. The van der Waals surface area contributed by atoms with Gasteiger partial charge in [0.2, 0.25) is 0 Å². The summed E-state index contributed by atoms with van der Waals surface area (Å²) in [5.41, 5.74) is 3.40. The van der Waals surface area contributed by atoms with Gasteiger partial charge in [-0.05, 0) is 35.7 Å². The molecule has 0 spiro atoms. The van der Waals surface area contributed by atoms with E-state index in [-0.39, 0.29) is 0 Å². The molecule has 0 saturated heterocycles. The van der Waals surface area contributed by atoms with E-state index in [1.54, 1.807) is 7.11 Å². The van der Waals surface area contributed by atoms with E-state index < -0.39 is 10.8 Å². The van der Waals surface area contributed by atoms with E-state index in [1.165, 1.54) is 5.56 Å². The Morgan fingerprint density at radius 1 is 1.05 bits per heavy atom. The van der Waals surface area contributed by atoms with Crippen LogP contribution in [0, 0.1) is 6.92 Å². The molecule has 0 saturated carbocycles. The SMILES string of the molecule is COc1cccc(C[S@](=O)Cc2ccccc2C)c1. The van der Waals surface area contributed by atoms with E-state index in [4.69, 9.17) is 4.74 Å². The maximum atomic E-state index is 12.2. The first-order valence-electron chi connectivity index (χ1n) is 6.21. The van der Waals surface area contributed by atoms with Gasteiger partial charge in [0.15, 0.2) is 0 Å². The quantitative estimate of drug-likeness (QED) is 0.834. The summed E-state index contributed by atoms with van der Waals surface area (Å²) in [6.07, 6.45) is 0. The molecule has 19 heavy (non-hydrogen) atoms. The fourth-order valence-corrected chi connectivity index (χ4v) is 3.27. The summed E-state index contributed by atoms with van der Waals surface area (Å²) >= 11 is 0. The third-order valence-electron chi connectivity index (χ3n) is 3.04. The zero-order valence-electron chi connectivity index (χ0n) is 11.3. The summed E-state index contributed by atoms with van der Waals surface area (Å²) in [5, 5.41) is 0. The monoisotopic (exact) mass is 274 g/mol. The molecule has 0 radical (unpaired) electrons. The average Bonchev–Trinajstić information content (AvgIpc) is 2.41. The fourth-order valence-electron chi connectivity index (χ4n) is 1.94. The number of benzene rings is 2. The van der Waals surface area contributed by atoms with Crippen molar-refractivity contribution in [2.75, 3.05) is 7.11 Å². The van der Waals surface area contributed by atoms with Crippen molar-refractivity contribution in [3.05, 3.63) is 65.2 Å². The Kier molecular flexibility index (Phi) is 4.74. The highest BCUT2D eigenvalue weighted by atomic mass is 32.2. The van der Waals surface area contributed by atoms with E-state index >= 15 is 0 Å². The number of aryl methyl sites for hydroxylation is 1. The van der Waals surface area contributed by atoms with Gasteiger partial charge in [-0.25, -0.2) is 0 Å². The van der Waals surface area contributed by atoms with Crippen LogP contribution in [0.15, 0.2) is 48.5 Å². The maximum absolute atomic E-state index is 12.2. The minimum absolute atomic E-state index is 0.561. The van der Waals surface area contributed by atoms with Gasteiger partial charge in [0.1, 0.15) is 5.75 Å². The van der Waals surface area contributed by atoms with Crippen LogP contribution >= 0.6 is 0 Å². The number of rotatable bonds is 5. The molecule has 0 aliphatic heterocycles. The van der Waals surface area contributed by atoms with Gasteiger partial charge in [-0.2, -0.15) is 0 Å². The van der Waals surface area contributed by atoms with Crippen LogP contribution in [0.4, 0.5) is 0 Å². The minimum Gasteiger partial charge on any atom is -0.497 e. The van der Waals surface area contributed by atoms with Crippen LogP contribution in [0.25, 0.3) is 0 Å². The van der Waals surface area contributed by atoms with Crippen molar-refractivity contribution in [2.24, 2.45) is 0 Å². The average molecular weight is 274 g/mol. The number of hydrogen-bond acceptors (Lipinski definition) is 2. The first-order valence-corrected chi connectivity index (χ1v) is 7.70. The van der Waals surface area contributed by atoms with E-state index in [1.807, 2.05) is 42.5 Å². The molecule has 0 bridgehead atoms. The van der Waals surface area contributed by atoms with E-state index in [0.29, 0.717) is 11.5 Å². The molecule has 0 aromatic heterocycles. The van der Waals surface area contributed by atoms with Crippen LogP contribution in [0.5, 0.6) is 5.75 Å². The summed E-state index contributed by atoms with van der Waals surface area (Å²) in [6, 6.07) is 15.8. The highest BCUT2D eigenvalue weighted by Gasteiger charge is 2.06. The van der Waals surface area contributed by atoms with Crippen LogP contribution in [-0.2, 0) is 22.3 Å². The normalized spacial score (nSPS) is 12.1. The smallest absolute Gasteiger partial charge is 0.119 e. The molecule has 1 atom stereocenters. The van der Waals surface area contributed by atoms with Crippen LogP contribution < -0.4 is 4.74 Å². The highest BCUT2D eigenvalue weighted by Crippen LogP contribution is 2.16. The van der Waals surface area contributed by atoms with Gasteiger partial charge in [0.05, 0.1) is 7.11 Å². The second-order valence-corrected chi connectivity index (χ2v) is 5.96. The lowest BCUT2D eigenvalue weighted by atomic mass is 10.1. The molecule has 3 heteroatoms. The molecule has 2 aromatic carbocycles. The zero-order chi connectivity index (χ0) is 13.7. The third kappa shape index (κ3) is 3.93. The van der Waals surface area contributed by atoms with Gasteiger partial charge >= 0.3 is 0 Å². The predicted octanol–water partition coefficient (Wildman–Crippen LogP) is 3.45. The Hall–Kier alpha value is -1.61. The molecule has 0 unspecified atom stereocenters. The van der Waals surface area contributed by atoms with Crippen molar-refractivity contribution in [2.45, 2.75) is 18.4 Å². The Balaban J connectivity index is 2.03. The molecule has 2 nitrogen and oxygen atoms in total. The van der Waals surface area contributed by atoms with Crippen LogP contribution in [0.1, 0.15) is 16.7 Å². The van der Waals surface area contributed by atoms with Gasteiger partial charge < -0.3 is 4.74 Å². The summed E-state index contributed by atoms with van der Waals surface area (Å²) in [4.78, 5) is 0. The predicted molar refractivity (Wildman–Crippen MR) is 79.7 cm³/mol. The molecule has 0 aliphatic rings. The Morgan fingerprint density at radius 3 is 2.58 bits per heavy atom. The zero-order valence-corrected chi connectivity index (χ0v) is 12.1. The molecular weight excluding hydrogens is 256 g/mol. The van der Waals surface area contributed by atoms with Crippen molar-refractivity contribution in [1.29, 1.82) is 0 Å². The molecule has 2 rings (SSSR count). The Labute approximate surface area is 116 Å². The second kappa shape index (κ2) is 6.53. The standard InChI is InChI=1S/C16H18O2S/c1-13-6-3-4-8-15(13)12-19(17)11-14-7-5-9-16(10-14)18-2/h3-10H,11-12H2,1-2H3/t19-/m0/s1. The van der Waals surface area contributed by atoms with Crippen LogP contribution in [-0.4, -0.2) is 11.3 Å². The molecular formula is C16H18O2S.